The van der Waals surface area contributed by atoms with Gasteiger partial charge in [-0.2, -0.15) is 0 Å². The van der Waals surface area contributed by atoms with Gasteiger partial charge < -0.3 is 19.5 Å². The van der Waals surface area contributed by atoms with Gasteiger partial charge in [-0.05, 0) is 37.5 Å². The molecule has 0 unspecified atom stereocenters. The minimum atomic E-state index is -0.592. The van der Waals surface area contributed by atoms with Gasteiger partial charge >= 0.3 is 0 Å². The monoisotopic (exact) mass is 331 g/mol. The number of ketones is 1. The third kappa shape index (κ3) is 2.89. The van der Waals surface area contributed by atoms with Crippen LogP contribution in [0.1, 0.15) is 31.4 Å². The summed E-state index contributed by atoms with van der Waals surface area (Å²) in [4.78, 5) is 26.1. The molecule has 0 bridgehead atoms. The number of benzene rings is 1. The molecule has 2 aliphatic rings. The van der Waals surface area contributed by atoms with Crippen LogP contribution in [-0.4, -0.2) is 48.1 Å². The zero-order valence-corrected chi connectivity index (χ0v) is 13.8. The van der Waals surface area contributed by atoms with Crippen LogP contribution < -0.4 is 4.74 Å². The topological polar surface area (TPSA) is 76.1 Å². The first-order chi connectivity index (χ1) is 11.5. The van der Waals surface area contributed by atoms with Gasteiger partial charge in [-0.3, -0.25) is 9.59 Å². The molecule has 1 amide bonds. The summed E-state index contributed by atoms with van der Waals surface area (Å²) < 4.78 is 10.8. The van der Waals surface area contributed by atoms with Crippen LogP contribution in [0.3, 0.4) is 0 Å². The Balaban J connectivity index is 1.96. The largest absolute Gasteiger partial charge is 0.503 e. The standard InChI is InChI=1S/C18H21NO5/c1-11(20)15-16(12-5-7-13(23-2)8-6-12)19(18(22)17(15)21)10-14-4-3-9-24-14/h5-8,14,16,21H,3-4,9-10H2,1-2H3/t14-,16+/m1/s1. The molecule has 1 saturated heterocycles. The van der Waals surface area contributed by atoms with E-state index in [0.717, 1.165) is 18.4 Å². The molecule has 0 aliphatic carbocycles. The van der Waals surface area contributed by atoms with Gasteiger partial charge in [0, 0.05) is 13.2 Å². The van der Waals surface area contributed by atoms with E-state index in [1.54, 1.807) is 31.4 Å². The van der Waals surface area contributed by atoms with Crippen molar-refractivity contribution in [2.75, 3.05) is 20.3 Å². The highest BCUT2D eigenvalue weighted by Gasteiger charge is 2.43. The van der Waals surface area contributed by atoms with Crippen LogP contribution in [0.4, 0.5) is 0 Å². The molecule has 0 radical (unpaired) electrons. The Morgan fingerprint density at radius 2 is 2.08 bits per heavy atom. The van der Waals surface area contributed by atoms with Gasteiger partial charge in [0.1, 0.15) is 5.75 Å². The first-order valence-electron chi connectivity index (χ1n) is 8.03. The lowest BCUT2D eigenvalue weighted by Gasteiger charge is -2.28. The van der Waals surface area contributed by atoms with Crippen molar-refractivity contribution in [3.8, 4) is 5.75 Å². The third-order valence-corrected chi connectivity index (χ3v) is 4.54. The van der Waals surface area contributed by atoms with Gasteiger partial charge in [0.15, 0.2) is 11.5 Å². The van der Waals surface area contributed by atoms with Crippen LogP contribution in [0.25, 0.3) is 0 Å². The third-order valence-electron chi connectivity index (χ3n) is 4.54. The van der Waals surface area contributed by atoms with Crippen LogP contribution in [0, 0.1) is 0 Å². The number of carbonyl (C=O) groups excluding carboxylic acids is 2. The summed E-state index contributed by atoms with van der Waals surface area (Å²) in [7, 11) is 1.57. The SMILES string of the molecule is COc1ccc([C@H]2C(C(C)=O)=C(O)C(=O)N2C[C@H]2CCCO2)cc1. The Morgan fingerprint density at radius 1 is 1.38 bits per heavy atom. The molecule has 2 heterocycles. The zero-order valence-electron chi connectivity index (χ0n) is 13.8. The van der Waals surface area contributed by atoms with E-state index in [2.05, 4.69) is 0 Å². The molecule has 128 valence electrons. The summed E-state index contributed by atoms with van der Waals surface area (Å²) in [5, 5.41) is 10.2. The second-order valence-corrected chi connectivity index (χ2v) is 6.09. The second-order valence-electron chi connectivity index (χ2n) is 6.09. The van der Waals surface area contributed by atoms with Gasteiger partial charge in [0.2, 0.25) is 0 Å². The van der Waals surface area contributed by atoms with E-state index in [9.17, 15) is 14.7 Å². The van der Waals surface area contributed by atoms with Crippen molar-refractivity contribution in [3.63, 3.8) is 0 Å². The molecule has 24 heavy (non-hydrogen) atoms. The van der Waals surface area contributed by atoms with Crippen molar-refractivity contribution in [2.24, 2.45) is 0 Å². The Kier molecular flexibility index (Phi) is 4.57. The number of Topliss-reactive ketones (excluding diaryl/α,β-unsaturated/α-hetero) is 1. The lowest BCUT2D eigenvalue weighted by molar-refractivity contribution is -0.131. The summed E-state index contributed by atoms with van der Waals surface area (Å²) >= 11 is 0. The maximum atomic E-state index is 12.5. The minimum absolute atomic E-state index is 0.0613. The van der Waals surface area contributed by atoms with Gasteiger partial charge in [0.05, 0.1) is 24.8 Å². The lowest BCUT2D eigenvalue weighted by Crippen LogP contribution is -2.37. The Morgan fingerprint density at radius 3 is 2.62 bits per heavy atom. The minimum Gasteiger partial charge on any atom is -0.503 e. The van der Waals surface area contributed by atoms with Gasteiger partial charge in [-0.15, -0.1) is 0 Å². The molecule has 3 rings (SSSR count). The van der Waals surface area contributed by atoms with Gasteiger partial charge in [-0.1, -0.05) is 12.1 Å². The molecule has 2 atom stereocenters. The van der Waals surface area contributed by atoms with E-state index in [1.165, 1.54) is 11.8 Å². The van der Waals surface area contributed by atoms with E-state index in [0.29, 0.717) is 18.9 Å². The average molecular weight is 331 g/mol. The number of nitrogens with zero attached hydrogens (tertiary/aromatic N) is 1. The van der Waals surface area contributed by atoms with Crippen molar-refractivity contribution in [1.29, 1.82) is 0 Å². The van der Waals surface area contributed by atoms with Gasteiger partial charge in [0.25, 0.3) is 5.91 Å². The predicted octanol–water partition coefficient (Wildman–Crippen LogP) is 2.16. The smallest absolute Gasteiger partial charge is 0.290 e. The molecule has 0 saturated carbocycles. The van der Waals surface area contributed by atoms with Crippen molar-refractivity contribution in [1.82, 2.24) is 4.90 Å². The maximum Gasteiger partial charge on any atom is 0.290 e. The Labute approximate surface area is 140 Å². The molecule has 1 aromatic rings. The van der Waals surface area contributed by atoms with Crippen LogP contribution in [0.15, 0.2) is 35.6 Å². The fourth-order valence-corrected chi connectivity index (χ4v) is 3.34. The molecule has 2 aliphatic heterocycles. The number of rotatable bonds is 5. The quantitative estimate of drug-likeness (QED) is 0.895. The Hall–Kier alpha value is -2.34. The Bertz CT molecular complexity index is 673. The van der Waals surface area contributed by atoms with Crippen LogP contribution >= 0.6 is 0 Å². The van der Waals surface area contributed by atoms with E-state index in [1.807, 2.05) is 0 Å². The van der Waals surface area contributed by atoms with Crippen molar-refractivity contribution in [2.45, 2.75) is 31.9 Å². The summed E-state index contributed by atoms with van der Waals surface area (Å²) in [6.45, 7) is 2.40. The highest BCUT2D eigenvalue weighted by molar-refractivity contribution is 6.08. The number of hydrogen-bond donors (Lipinski definition) is 1. The fraction of sp³-hybridized carbons (Fsp3) is 0.444. The summed E-state index contributed by atoms with van der Waals surface area (Å²) in [6, 6.07) is 6.57. The van der Waals surface area contributed by atoms with Crippen molar-refractivity contribution in [3.05, 3.63) is 41.2 Å². The molecule has 6 nitrogen and oxygen atoms in total. The molecular weight excluding hydrogens is 310 g/mol. The summed E-state index contributed by atoms with van der Waals surface area (Å²) in [6.07, 6.45) is 1.77. The molecule has 0 aromatic heterocycles. The second kappa shape index (κ2) is 6.65. The lowest BCUT2D eigenvalue weighted by atomic mass is 9.96. The molecule has 1 aromatic carbocycles. The first kappa shape index (κ1) is 16.5. The van der Waals surface area contributed by atoms with Crippen LogP contribution in [0.2, 0.25) is 0 Å². The molecular formula is C18H21NO5. The van der Waals surface area contributed by atoms with Crippen molar-refractivity contribution >= 4 is 11.7 Å². The van der Waals surface area contributed by atoms with E-state index >= 15 is 0 Å². The number of ether oxygens (including phenoxy) is 2. The number of aliphatic hydroxyl groups is 1. The number of carbonyl (C=O) groups is 2. The molecule has 0 spiro atoms. The number of hydrogen-bond acceptors (Lipinski definition) is 5. The van der Waals surface area contributed by atoms with Crippen molar-refractivity contribution < 1.29 is 24.2 Å². The summed E-state index contributed by atoms with van der Waals surface area (Å²) in [5.74, 6) is -0.597. The van der Waals surface area contributed by atoms with Crippen LogP contribution in [0.5, 0.6) is 5.75 Å². The van der Waals surface area contributed by atoms with Crippen LogP contribution in [-0.2, 0) is 14.3 Å². The normalized spacial score (nSPS) is 23.9. The van der Waals surface area contributed by atoms with E-state index in [4.69, 9.17) is 9.47 Å². The molecule has 1 N–H and O–H groups in total. The predicted molar refractivity (Wildman–Crippen MR) is 86.8 cm³/mol. The van der Waals surface area contributed by atoms with E-state index in [-0.39, 0.29) is 17.5 Å². The number of aliphatic hydroxyl groups excluding tert-OH is 1. The van der Waals surface area contributed by atoms with Gasteiger partial charge in [-0.25, -0.2) is 0 Å². The average Bonchev–Trinajstić information content (AvgIpc) is 3.17. The fourth-order valence-electron chi connectivity index (χ4n) is 3.34. The first-order valence-corrected chi connectivity index (χ1v) is 8.03. The highest BCUT2D eigenvalue weighted by Crippen LogP contribution is 2.38. The zero-order chi connectivity index (χ0) is 17.3. The molecule has 6 heteroatoms. The van der Waals surface area contributed by atoms with E-state index < -0.39 is 17.7 Å². The summed E-state index contributed by atoms with van der Waals surface area (Å²) in [5.41, 5.74) is 0.902. The number of amides is 1. The highest BCUT2D eigenvalue weighted by atomic mass is 16.5. The number of methoxy groups -OCH3 is 1. The molecule has 1 fully saturated rings. The maximum absolute atomic E-state index is 12.5.